The molecule has 3 aromatic rings. The number of methoxy groups -OCH3 is 1. The number of amides is 1. The summed E-state index contributed by atoms with van der Waals surface area (Å²) in [6, 6.07) is 15.7. The molecule has 154 valence electrons. The van der Waals surface area contributed by atoms with Gasteiger partial charge < -0.3 is 9.64 Å². The lowest BCUT2D eigenvalue weighted by Gasteiger charge is -2.19. The molecule has 0 aliphatic carbocycles. The number of nitrogens with zero attached hydrogens (tertiary/aromatic N) is 3. The van der Waals surface area contributed by atoms with Gasteiger partial charge in [0.1, 0.15) is 11.3 Å². The van der Waals surface area contributed by atoms with Gasteiger partial charge in [-0.3, -0.25) is 9.69 Å². The van der Waals surface area contributed by atoms with E-state index in [1.54, 1.807) is 18.1 Å². The first kappa shape index (κ1) is 22.9. The van der Waals surface area contributed by atoms with Crippen molar-refractivity contribution in [2.45, 2.75) is 6.42 Å². The van der Waals surface area contributed by atoms with Gasteiger partial charge >= 0.3 is 0 Å². The number of carbonyl (C=O) groups excluding carboxylic acids is 1. The Morgan fingerprint density at radius 2 is 1.86 bits per heavy atom. The Kier molecular flexibility index (Phi) is 8.64. The number of anilines is 1. The van der Waals surface area contributed by atoms with Crippen LogP contribution in [0.5, 0.6) is 5.75 Å². The van der Waals surface area contributed by atoms with E-state index in [0.717, 1.165) is 34.5 Å². The number of fused-ring (bicyclic) bond motifs is 1. The van der Waals surface area contributed by atoms with Gasteiger partial charge in [-0.15, -0.1) is 12.4 Å². The Bertz CT molecular complexity index is 957. The average Bonchev–Trinajstić information content (AvgIpc) is 3.14. The number of hydrogen-bond acceptors (Lipinski definition) is 5. The number of thiazole rings is 1. The molecule has 0 spiro atoms. The van der Waals surface area contributed by atoms with Crippen molar-refractivity contribution in [3.8, 4) is 5.75 Å². The minimum atomic E-state index is -0.0689. The fraction of sp³-hybridized carbons (Fsp3) is 0.273. The van der Waals surface area contributed by atoms with Crippen LogP contribution < -0.4 is 9.64 Å². The summed E-state index contributed by atoms with van der Waals surface area (Å²) in [5, 5.41) is 0.695. The van der Waals surface area contributed by atoms with Gasteiger partial charge in [0.2, 0.25) is 0 Å². The third kappa shape index (κ3) is 6.03. The van der Waals surface area contributed by atoms with Crippen molar-refractivity contribution in [2.24, 2.45) is 0 Å². The largest absolute Gasteiger partial charge is 0.494 e. The number of ether oxygens (including phenoxy) is 1. The SMILES string of the molecule is COc1cccc2sc(N(CCCN(C)C)C(=O)/C=C/c3ccccc3)nc12.Cl. The second kappa shape index (κ2) is 11.0. The molecule has 5 nitrogen and oxygen atoms in total. The van der Waals surface area contributed by atoms with Gasteiger partial charge in [-0.1, -0.05) is 47.7 Å². The molecule has 0 atom stereocenters. The van der Waals surface area contributed by atoms with Crippen LogP contribution in [0, 0.1) is 0 Å². The highest BCUT2D eigenvalue weighted by Crippen LogP contribution is 2.34. The molecule has 0 aliphatic heterocycles. The van der Waals surface area contributed by atoms with Crippen molar-refractivity contribution in [3.05, 3.63) is 60.2 Å². The summed E-state index contributed by atoms with van der Waals surface area (Å²) in [6.45, 7) is 1.51. The number of aromatic nitrogens is 1. The van der Waals surface area contributed by atoms with Gasteiger partial charge in [-0.2, -0.15) is 0 Å². The predicted molar refractivity (Wildman–Crippen MR) is 124 cm³/mol. The van der Waals surface area contributed by atoms with Crippen molar-refractivity contribution in [1.29, 1.82) is 0 Å². The third-order valence-corrected chi connectivity index (χ3v) is 5.34. The van der Waals surface area contributed by atoms with E-state index in [-0.39, 0.29) is 18.3 Å². The Morgan fingerprint density at radius 1 is 1.10 bits per heavy atom. The highest BCUT2D eigenvalue weighted by molar-refractivity contribution is 7.22. The van der Waals surface area contributed by atoms with Crippen LogP contribution in [-0.2, 0) is 4.79 Å². The zero-order valence-corrected chi connectivity index (χ0v) is 18.5. The molecule has 0 radical (unpaired) electrons. The highest BCUT2D eigenvalue weighted by atomic mass is 35.5. The summed E-state index contributed by atoms with van der Waals surface area (Å²) in [6.07, 6.45) is 4.33. The van der Waals surface area contributed by atoms with E-state index >= 15 is 0 Å². The molecule has 29 heavy (non-hydrogen) atoms. The van der Waals surface area contributed by atoms with Gasteiger partial charge in [-0.25, -0.2) is 4.98 Å². The average molecular weight is 432 g/mol. The summed E-state index contributed by atoms with van der Waals surface area (Å²) in [5.74, 6) is 0.654. The predicted octanol–water partition coefficient (Wildman–Crippen LogP) is 4.72. The zero-order valence-electron chi connectivity index (χ0n) is 16.9. The fourth-order valence-electron chi connectivity index (χ4n) is 2.86. The lowest BCUT2D eigenvalue weighted by molar-refractivity contribution is -0.114. The van der Waals surface area contributed by atoms with Crippen LogP contribution in [0.2, 0.25) is 0 Å². The minimum absolute atomic E-state index is 0. The van der Waals surface area contributed by atoms with E-state index in [1.807, 2.05) is 68.7 Å². The first-order valence-electron chi connectivity index (χ1n) is 9.21. The van der Waals surface area contributed by atoms with Gasteiger partial charge in [0.05, 0.1) is 11.8 Å². The van der Waals surface area contributed by atoms with Crippen LogP contribution in [0.3, 0.4) is 0 Å². The molecular formula is C22H26ClN3O2S. The molecule has 0 bridgehead atoms. The summed E-state index contributed by atoms with van der Waals surface area (Å²) in [7, 11) is 5.70. The molecule has 2 aromatic carbocycles. The van der Waals surface area contributed by atoms with Crippen LogP contribution in [0.4, 0.5) is 5.13 Å². The molecule has 0 N–H and O–H groups in total. The Balaban J connectivity index is 0.00000300. The van der Waals surface area contributed by atoms with E-state index in [4.69, 9.17) is 9.72 Å². The second-order valence-electron chi connectivity index (χ2n) is 6.69. The first-order valence-corrected chi connectivity index (χ1v) is 10.0. The topological polar surface area (TPSA) is 45.7 Å². The lowest BCUT2D eigenvalue weighted by Crippen LogP contribution is -2.32. The molecule has 0 saturated carbocycles. The quantitative estimate of drug-likeness (QED) is 0.484. The van der Waals surface area contributed by atoms with Gasteiger partial charge in [0.15, 0.2) is 5.13 Å². The van der Waals surface area contributed by atoms with Crippen LogP contribution in [0.15, 0.2) is 54.6 Å². The molecule has 1 aromatic heterocycles. The lowest BCUT2D eigenvalue weighted by atomic mass is 10.2. The highest BCUT2D eigenvalue weighted by Gasteiger charge is 2.19. The number of halogens is 1. The molecule has 7 heteroatoms. The first-order chi connectivity index (χ1) is 13.6. The summed E-state index contributed by atoms with van der Waals surface area (Å²) in [5.41, 5.74) is 1.79. The maximum absolute atomic E-state index is 13.0. The van der Waals surface area contributed by atoms with Crippen molar-refractivity contribution < 1.29 is 9.53 Å². The third-order valence-electron chi connectivity index (χ3n) is 4.29. The zero-order chi connectivity index (χ0) is 19.9. The van der Waals surface area contributed by atoms with Crippen molar-refractivity contribution in [1.82, 2.24) is 9.88 Å². The van der Waals surface area contributed by atoms with E-state index in [1.165, 1.54) is 11.3 Å². The maximum atomic E-state index is 13.0. The molecular weight excluding hydrogens is 406 g/mol. The Labute approximate surface area is 182 Å². The normalized spacial score (nSPS) is 11.0. The van der Waals surface area contributed by atoms with Crippen molar-refractivity contribution >= 4 is 51.1 Å². The van der Waals surface area contributed by atoms with Crippen molar-refractivity contribution in [3.63, 3.8) is 0 Å². The molecule has 3 rings (SSSR count). The molecule has 0 saturated heterocycles. The maximum Gasteiger partial charge on any atom is 0.252 e. The molecule has 0 fully saturated rings. The number of para-hydroxylation sites is 1. The fourth-order valence-corrected chi connectivity index (χ4v) is 3.87. The molecule has 1 amide bonds. The number of hydrogen-bond donors (Lipinski definition) is 0. The van der Waals surface area contributed by atoms with Crippen LogP contribution >= 0.6 is 23.7 Å². The van der Waals surface area contributed by atoms with E-state index in [2.05, 4.69) is 4.90 Å². The van der Waals surface area contributed by atoms with Gasteiger partial charge in [0, 0.05) is 12.6 Å². The van der Waals surface area contributed by atoms with Crippen LogP contribution in [0.1, 0.15) is 12.0 Å². The number of rotatable bonds is 8. The minimum Gasteiger partial charge on any atom is -0.494 e. The monoisotopic (exact) mass is 431 g/mol. The second-order valence-corrected chi connectivity index (χ2v) is 7.70. The van der Waals surface area contributed by atoms with Gasteiger partial charge in [0.25, 0.3) is 5.91 Å². The van der Waals surface area contributed by atoms with Crippen molar-refractivity contribution in [2.75, 3.05) is 39.2 Å². The summed E-state index contributed by atoms with van der Waals surface area (Å²) in [4.78, 5) is 21.6. The van der Waals surface area contributed by atoms with Gasteiger partial charge in [-0.05, 0) is 50.8 Å². The number of benzene rings is 2. The Morgan fingerprint density at radius 3 is 2.55 bits per heavy atom. The van der Waals surface area contributed by atoms with E-state index in [0.29, 0.717) is 11.7 Å². The smallest absolute Gasteiger partial charge is 0.252 e. The van der Waals surface area contributed by atoms with E-state index in [9.17, 15) is 4.79 Å². The molecule has 0 unspecified atom stereocenters. The summed E-state index contributed by atoms with van der Waals surface area (Å²) < 4.78 is 6.43. The molecule has 0 aliphatic rings. The standard InChI is InChI=1S/C22H25N3O2S.ClH/c1-24(2)15-8-16-25(20(26)14-13-17-9-5-4-6-10-17)22-23-21-18(27-3)11-7-12-19(21)28-22;/h4-7,9-14H,8,15-16H2,1-3H3;1H/b14-13+;. The summed E-state index contributed by atoms with van der Waals surface area (Å²) >= 11 is 1.51. The molecule has 1 heterocycles. The Hall–Kier alpha value is -2.41. The van der Waals surface area contributed by atoms with Crippen LogP contribution in [-0.4, -0.2) is 50.1 Å². The number of carbonyl (C=O) groups is 1. The van der Waals surface area contributed by atoms with E-state index < -0.39 is 0 Å². The van der Waals surface area contributed by atoms with Crippen LogP contribution in [0.25, 0.3) is 16.3 Å².